The first-order chi connectivity index (χ1) is 10.6. The van der Waals surface area contributed by atoms with Gasteiger partial charge in [0.25, 0.3) is 5.91 Å². The first-order valence-electron chi connectivity index (χ1n) is 8.21. The molecule has 1 aromatic rings. The number of carbonyl (C=O) groups is 2. The molecule has 1 saturated heterocycles. The highest BCUT2D eigenvalue weighted by Gasteiger charge is 2.36. The van der Waals surface area contributed by atoms with Gasteiger partial charge in [-0.25, -0.2) is 0 Å². The molecule has 0 N–H and O–H groups in total. The first-order valence-corrected chi connectivity index (χ1v) is 8.21. The van der Waals surface area contributed by atoms with Gasteiger partial charge in [0.05, 0.1) is 0 Å². The third kappa shape index (κ3) is 3.16. The summed E-state index contributed by atoms with van der Waals surface area (Å²) in [6, 6.07) is 7.70. The fourth-order valence-corrected chi connectivity index (χ4v) is 3.18. The molecule has 0 aromatic heterocycles. The predicted molar refractivity (Wildman–Crippen MR) is 85.6 cm³/mol. The van der Waals surface area contributed by atoms with Gasteiger partial charge in [0.2, 0.25) is 5.91 Å². The highest BCUT2D eigenvalue weighted by atomic mass is 16.2. The van der Waals surface area contributed by atoms with Gasteiger partial charge < -0.3 is 9.80 Å². The summed E-state index contributed by atoms with van der Waals surface area (Å²) in [5.41, 5.74) is 1.84. The number of hydrogen-bond acceptors (Lipinski definition) is 2. The maximum Gasteiger partial charge on any atom is 0.253 e. The zero-order chi connectivity index (χ0) is 15.7. The van der Waals surface area contributed by atoms with Crippen molar-refractivity contribution < 1.29 is 9.59 Å². The third-order valence-corrected chi connectivity index (χ3v) is 4.86. The highest BCUT2D eigenvalue weighted by molar-refractivity contribution is 5.94. The lowest BCUT2D eigenvalue weighted by Crippen LogP contribution is -2.51. The number of nitrogens with zero attached hydrogens (tertiary/aromatic N) is 2. The Morgan fingerprint density at radius 1 is 1.09 bits per heavy atom. The van der Waals surface area contributed by atoms with Crippen molar-refractivity contribution in [3.05, 3.63) is 35.4 Å². The molecule has 4 nitrogen and oxygen atoms in total. The van der Waals surface area contributed by atoms with Gasteiger partial charge in [-0.3, -0.25) is 9.59 Å². The van der Waals surface area contributed by atoms with Crippen LogP contribution in [-0.4, -0.2) is 47.8 Å². The zero-order valence-electron chi connectivity index (χ0n) is 13.4. The summed E-state index contributed by atoms with van der Waals surface area (Å²) in [7, 11) is 0. The Morgan fingerprint density at radius 3 is 2.32 bits per heavy atom. The Balaban J connectivity index is 1.57. The van der Waals surface area contributed by atoms with Crippen LogP contribution >= 0.6 is 0 Å². The molecular formula is C18H24N2O2. The van der Waals surface area contributed by atoms with E-state index in [9.17, 15) is 9.59 Å². The van der Waals surface area contributed by atoms with E-state index >= 15 is 0 Å². The molecule has 0 bridgehead atoms. The van der Waals surface area contributed by atoms with E-state index in [-0.39, 0.29) is 17.7 Å². The van der Waals surface area contributed by atoms with Gasteiger partial charge in [0.1, 0.15) is 0 Å². The third-order valence-electron chi connectivity index (χ3n) is 4.86. The Labute approximate surface area is 132 Å². The van der Waals surface area contributed by atoms with E-state index < -0.39 is 0 Å². The Kier molecular flexibility index (Phi) is 4.19. The SMILES string of the molecule is Cc1cccc(C(=O)N2CCN(C(=O)C(C)C3CC3)CC2)c1. The standard InChI is InChI=1S/C18H24N2O2/c1-13-4-3-5-16(12-13)18(22)20-10-8-19(9-11-20)17(21)14(2)15-6-7-15/h3-5,12,14-15H,6-11H2,1-2H3. The van der Waals surface area contributed by atoms with Gasteiger partial charge in [0.15, 0.2) is 0 Å². The van der Waals surface area contributed by atoms with Crippen molar-refractivity contribution in [2.75, 3.05) is 26.2 Å². The van der Waals surface area contributed by atoms with Crippen LogP contribution < -0.4 is 0 Å². The lowest BCUT2D eigenvalue weighted by Gasteiger charge is -2.36. The average molecular weight is 300 g/mol. The van der Waals surface area contributed by atoms with E-state index in [2.05, 4.69) is 0 Å². The molecule has 1 aliphatic carbocycles. The van der Waals surface area contributed by atoms with Crippen LogP contribution in [0.25, 0.3) is 0 Å². The molecule has 1 saturated carbocycles. The number of rotatable bonds is 3. The van der Waals surface area contributed by atoms with E-state index in [0.717, 1.165) is 11.1 Å². The van der Waals surface area contributed by atoms with Crippen LogP contribution in [0.4, 0.5) is 0 Å². The van der Waals surface area contributed by atoms with Crippen LogP contribution in [0.3, 0.4) is 0 Å². The molecule has 1 heterocycles. The maximum atomic E-state index is 12.5. The van der Waals surface area contributed by atoms with Crippen LogP contribution in [0.5, 0.6) is 0 Å². The van der Waals surface area contributed by atoms with Crippen molar-refractivity contribution >= 4 is 11.8 Å². The topological polar surface area (TPSA) is 40.6 Å². The quantitative estimate of drug-likeness (QED) is 0.859. The minimum Gasteiger partial charge on any atom is -0.339 e. The Bertz CT molecular complexity index is 572. The molecule has 22 heavy (non-hydrogen) atoms. The summed E-state index contributed by atoms with van der Waals surface area (Å²) in [6.45, 7) is 6.63. The number of benzene rings is 1. The normalized spacial score (nSPS) is 19.9. The molecule has 2 fully saturated rings. The average Bonchev–Trinajstić information content (AvgIpc) is 3.38. The van der Waals surface area contributed by atoms with Crippen LogP contribution in [0.1, 0.15) is 35.7 Å². The van der Waals surface area contributed by atoms with Crippen molar-refractivity contribution in [1.29, 1.82) is 0 Å². The van der Waals surface area contributed by atoms with Crippen LogP contribution in [0.15, 0.2) is 24.3 Å². The maximum absolute atomic E-state index is 12.5. The number of carbonyl (C=O) groups excluding carboxylic acids is 2. The van der Waals surface area contributed by atoms with E-state index in [1.165, 1.54) is 12.8 Å². The van der Waals surface area contributed by atoms with Crippen LogP contribution in [0.2, 0.25) is 0 Å². The van der Waals surface area contributed by atoms with Crippen molar-refractivity contribution in [2.45, 2.75) is 26.7 Å². The van der Waals surface area contributed by atoms with Gasteiger partial charge >= 0.3 is 0 Å². The van der Waals surface area contributed by atoms with Crippen molar-refractivity contribution in [3.8, 4) is 0 Å². The molecule has 1 aliphatic heterocycles. The smallest absolute Gasteiger partial charge is 0.253 e. The molecular weight excluding hydrogens is 276 g/mol. The van der Waals surface area contributed by atoms with Crippen molar-refractivity contribution in [1.82, 2.24) is 9.80 Å². The van der Waals surface area contributed by atoms with Crippen molar-refractivity contribution in [3.63, 3.8) is 0 Å². The summed E-state index contributed by atoms with van der Waals surface area (Å²) in [5.74, 6) is 1.09. The molecule has 1 unspecified atom stereocenters. The fourth-order valence-electron chi connectivity index (χ4n) is 3.18. The van der Waals surface area contributed by atoms with Gasteiger partial charge in [0, 0.05) is 37.7 Å². The van der Waals surface area contributed by atoms with Crippen LogP contribution in [0, 0.1) is 18.8 Å². The Morgan fingerprint density at radius 2 is 1.73 bits per heavy atom. The molecule has 1 aromatic carbocycles. The van der Waals surface area contributed by atoms with E-state index in [1.54, 1.807) is 0 Å². The number of aryl methyl sites for hydroxylation is 1. The molecule has 2 aliphatic rings. The van der Waals surface area contributed by atoms with E-state index in [0.29, 0.717) is 32.1 Å². The molecule has 118 valence electrons. The van der Waals surface area contributed by atoms with Gasteiger partial charge in [-0.1, -0.05) is 24.6 Å². The number of piperazine rings is 1. The predicted octanol–water partition coefficient (Wildman–Crippen LogP) is 2.33. The molecule has 0 spiro atoms. The van der Waals surface area contributed by atoms with Gasteiger partial charge in [-0.05, 0) is 37.8 Å². The summed E-state index contributed by atoms with van der Waals surface area (Å²) < 4.78 is 0. The lowest BCUT2D eigenvalue weighted by atomic mass is 10.0. The summed E-state index contributed by atoms with van der Waals surface area (Å²) >= 11 is 0. The first kappa shape index (κ1) is 15.1. The molecule has 4 heteroatoms. The van der Waals surface area contributed by atoms with Crippen molar-refractivity contribution in [2.24, 2.45) is 11.8 Å². The van der Waals surface area contributed by atoms with Gasteiger partial charge in [-0.2, -0.15) is 0 Å². The lowest BCUT2D eigenvalue weighted by molar-refractivity contribution is -0.137. The van der Waals surface area contributed by atoms with Gasteiger partial charge in [-0.15, -0.1) is 0 Å². The number of amides is 2. The van der Waals surface area contributed by atoms with E-state index in [4.69, 9.17) is 0 Å². The second-order valence-corrected chi connectivity index (χ2v) is 6.61. The molecule has 3 rings (SSSR count). The van der Waals surface area contributed by atoms with Crippen LogP contribution in [-0.2, 0) is 4.79 Å². The zero-order valence-corrected chi connectivity index (χ0v) is 13.4. The Hall–Kier alpha value is -1.84. The fraction of sp³-hybridized carbons (Fsp3) is 0.556. The summed E-state index contributed by atoms with van der Waals surface area (Å²) in [6.07, 6.45) is 2.39. The highest BCUT2D eigenvalue weighted by Crippen LogP contribution is 2.37. The molecule has 2 amide bonds. The second kappa shape index (κ2) is 6.11. The molecule has 1 atom stereocenters. The minimum atomic E-state index is 0.0750. The largest absolute Gasteiger partial charge is 0.339 e. The monoisotopic (exact) mass is 300 g/mol. The molecule has 0 radical (unpaired) electrons. The summed E-state index contributed by atoms with van der Waals surface area (Å²) in [5, 5.41) is 0. The second-order valence-electron chi connectivity index (χ2n) is 6.61. The minimum absolute atomic E-state index is 0.0750. The summed E-state index contributed by atoms with van der Waals surface area (Å²) in [4.78, 5) is 28.7. The number of hydrogen-bond donors (Lipinski definition) is 0. The van der Waals surface area contributed by atoms with E-state index in [1.807, 2.05) is 47.9 Å².